The third-order valence-electron chi connectivity index (χ3n) is 5.20. The van der Waals surface area contributed by atoms with E-state index in [4.69, 9.17) is 16.3 Å². The second-order valence-corrected chi connectivity index (χ2v) is 10.7. The number of nitrogens with zero attached hydrogens (tertiary/aromatic N) is 2. The molecule has 35 heavy (non-hydrogen) atoms. The zero-order valence-electron chi connectivity index (χ0n) is 20.8. The minimum Gasteiger partial charge on any atom is -0.492 e. The van der Waals surface area contributed by atoms with E-state index in [9.17, 15) is 18.0 Å². The van der Waals surface area contributed by atoms with E-state index >= 15 is 0 Å². The zero-order chi connectivity index (χ0) is 26.2. The van der Waals surface area contributed by atoms with Crippen molar-refractivity contribution in [2.75, 3.05) is 23.7 Å². The van der Waals surface area contributed by atoms with E-state index in [0.29, 0.717) is 23.8 Å². The first kappa shape index (κ1) is 28.5. The van der Waals surface area contributed by atoms with Gasteiger partial charge >= 0.3 is 0 Å². The van der Waals surface area contributed by atoms with E-state index in [2.05, 4.69) is 5.32 Å². The maximum Gasteiger partial charge on any atom is 0.244 e. The lowest BCUT2D eigenvalue weighted by molar-refractivity contribution is -0.140. The number of hydrogen-bond donors (Lipinski definition) is 1. The number of para-hydroxylation sites is 2. The molecule has 0 heterocycles. The lowest BCUT2D eigenvalue weighted by atomic mass is 10.1. The molecule has 0 saturated heterocycles. The van der Waals surface area contributed by atoms with Gasteiger partial charge in [-0.1, -0.05) is 42.8 Å². The molecule has 1 atom stereocenters. The number of sulfonamides is 1. The average Bonchev–Trinajstić information content (AvgIpc) is 2.78. The van der Waals surface area contributed by atoms with Gasteiger partial charge in [-0.3, -0.25) is 13.9 Å². The molecule has 0 radical (unpaired) electrons. The summed E-state index contributed by atoms with van der Waals surface area (Å²) in [5, 5.41) is 3.41. The lowest BCUT2D eigenvalue weighted by Crippen LogP contribution is -2.53. The van der Waals surface area contributed by atoms with Crippen molar-refractivity contribution in [3.63, 3.8) is 0 Å². The highest BCUT2D eigenvalue weighted by Crippen LogP contribution is 2.30. The van der Waals surface area contributed by atoms with Gasteiger partial charge in [0.2, 0.25) is 21.8 Å². The first-order chi connectivity index (χ1) is 16.5. The number of halogens is 1. The number of carbonyl (C=O) groups excluding carboxylic acids is 2. The smallest absolute Gasteiger partial charge is 0.244 e. The summed E-state index contributed by atoms with van der Waals surface area (Å²) in [4.78, 5) is 28.1. The molecular formula is C25H34ClN3O5S. The minimum atomic E-state index is -3.85. The van der Waals surface area contributed by atoms with Crippen molar-refractivity contribution < 1.29 is 22.7 Å². The zero-order valence-corrected chi connectivity index (χ0v) is 22.4. The van der Waals surface area contributed by atoms with E-state index in [1.807, 2.05) is 20.8 Å². The van der Waals surface area contributed by atoms with Crippen molar-refractivity contribution in [1.29, 1.82) is 0 Å². The first-order valence-corrected chi connectivity index (χ1v) is 13.7. The Hall–Kier alpha value is -2.78. The van der Waals surface area contributed by atoms with Crippen LogP contribution in [0, 0.1) is 0 Å². The Balaban J connectivity index is 2.47. The van der Waals surface area contributed by atoms with Gasteiger partial charge in [-0.15, -0.1) is 0 Å². The number of nitrogens with one attached hydrogen (secondary N) is 1. The van der Waals surface area contributed by atoms with Crippen LogP contribution >= 0.6 is 11.6 Å². The minimum absolute atomic E-state index is 0.116. The second-order valence-electron chi connectivity index (χ2n) is 8.41. The maximum atomic E-state index is 13.7. The van der Waals surface area contributed by atoms with Crippen LogP contribution in [0.3, 0.4) is 0 Å². The SMILES string of the molecule is CCOc1ccccc1N(CC(=O)N(Cc1ccc(Cl)cc1)[C@H](CC)C(=O)NC(C)C)S(C)(=O)=O. The topological polar surface area (TPSA) is 96.0 Å². The highest BCUT2D eigenvalue weighted by Gasteiger charge is 2.32. The van der Waals surface area contributed by atoms with Crippen molar-refractivity contribution in [3.05, 3.63) is 59.1 Å². The Morgan fingerprint density at radius 2 is 1.69 bits per heavy atom. The molecule has 0 aromatic heterocycles. The molecule has 0 spiro atoms. The van der Waals surface area contributed by atoms with Crippen molar-refractivity contribution >= 4 is 39.1 Å². The van der Waals surface area contributed by atoms with Crippen LogP contribution in [0.2, 0.25) is 5.02 Å². The molecule has 0 aliphatic carbocycles. The van der Waals surface area contributed by atoms with E-state index in [0.717, 1.165) is 16.1 Å². The molecule has 192 valence electrons. The summed E-state index contributed by atoms with van der Waals surface area (Å²) in [7, 11) is -3.85. The van der Waals surface area contributed by atoms with Crippen LogP contribution in [-0.4, -0.2) is 56.6 Å². The van der Waals surface area contributed by atoms with Crippen molar-refractivity contribution in [1.82, 2.24) is 10.2 Å². The molecule has 0 aliphatic heterocycles. The monoisotopic (exact) mass is 523 g/mol. The number of benzene rings is 2. The summed E-state index contributed by atoms with van der Waals surface area (Å²) >= 11 is 6.01. The quantitative estimate of drug-likeness (QED) is 0.456. The molecule has 10 heteroatoms. The molecule has 2 aromatic rings. The normalized spacial score (nSPS) is 12.2. The number of hydrogen-bond acceptors (Lipinski definition) is 5. The standard InChI is InChI=1S/C25H34ClN3O5S/c1-6-21(25(31)27-18(3)4)28(16-19-12-14-20(26)15-13-19)24(30)17-29(35(5,32)33)22-10-8-9-11-23(22)34-7-2/h8-15,18,21H,6-7,16-17H2,1-5H3,(H,27,31)/t21-/m1/s1. The van der Waals surface area contributed by atoms with E-state index in [-0.39, 0.29) is 24.2 Å². The fourth-order valence-corrected chi connectivity index (χ4v) is 4.60. The van der Waals surface area contributed by atoms with Crippen LogP contribution in [0.4, 0.5) is 5.69 Å². The molecule has 1 N–H and O–H groups in total. The number of rotatable bonds is 12. The van der Waals surface area contributed by atoms with E-state index < -0.39 is 28.5 Å². The van der Waals surface area contributed by atoms with Crippen molar-refractivity contribution in [2.45, 2.75) is 52.7 Å². The Labute approximate surface area is 213 Å². The van der Waals surface area contributed by atoms with Gasteiger partial charge in [0.05, 0.1) is 18.6 Å². The third kappa shape index (κ3) is 8.14. The van der Waals surface area contributed by atoms with Crippen LogP contribution in [0.5, 0.6) is 5.75 Å². The molecule has 8 nitrogen and oxygen atoms in total. The lowest BCUT2D eigenvalue weighted by Gasteiger charge is -2.33. The molecule has 0 fully saturated rings. The highest BCUT2D eigenvalue weighted by molar-refractivity contribution is 7.92. The predicted molar refractivity (Wildman–Crippen MR) is 139 cm³/mol. The largest absolute Gasteiger partial charge is 0.492 e. The Kier molecular flexibility index (Phi) is 10.4. The number of carbonyl (C=O) groups is 2. The van der Waals surface area contributed by atoms with Crippen LogP contribution in [0.15, 0.2) is 48.5 Å². The fourth-order valence-electron chi connectivity index (χ4n) is 3.62. The molecule has 0 aliphatic rings. The van der Waals surface area contributed by atoms with Crippen LogP contribution in [0.1, 0.15) is 39.7 Å². The summed E-state index contributed by atoms with van der Waals surface area (Å²) in [5.74, 6) is -0.463. The van der Waals surface area contributed by atoms with Gasteiger partial charge in [-0.05, 0) is 57.0 Å². The molecule has 2 aromatic carbocycles. The van der Waals surface area contributed by atoms with Crippen molar-refractivity contribution in [2.24, 2.45) is 0 Å². The Bertz CT molecular complexity index is 1110. The summed E-state index contributed by atoms with van der Waals surface area (Å²) < 4.78 is 32.2. The summed E-state index contributed by atoms with van der Waals surface area (Å²) in [6.45, 7) is 7.24. The van der Waals surface area contributed by atoms with Crippen LogP contribution < -0.4 is 14.4 Å². The van der Waals surface area contributed by atoms with E-state index in [1.54, 1.807) is 55.5 Å². The fraction of sp³-hybridized carbons (Fsp3) is 0.440. The van der Waals surface area contributed by atoms with Gasteiger partial charge in [-0.25, -0.2) is 8.42 Å². The summed E-state index contributed by atoms with van der Waals surface area (Å²) in [6.07, 6.45) is 1.39. The number of ether oxygens (including phenoxy) is 1. The first-order valence-electron chi connectivity index (χ1n) is 11.5. The van der Waals surface area contributed by atoms with Gasteiger partial charge in [0.15, 0.2) is 0 Å². The molecular weight excluding hydrogens is 490 g/mol. The number of anilines is 1. The van der Waals surface area contributed by atoms with Gasteiger partial charge in [0, 0.05) is 17.6 Å². The second kappa shape index (κ2) is 12.8. The Morgan fingerprint density at radius 3 is 2.23 bits per heavy atom. The highest BCUT2D eigenvalue weighted by atomic mass is 35.5. The summed E-state index contributed by atoms with van der Waals surface area (Å²) in [6, 6.07) is 12.7. The average molecular weight is 524 g/mol. The van der Waals surface area contributed by atoms with Gasteiger partial charge in [0.1, 0.15) is 18.3 Å². The molecule has 0 unspecified atom stereocenters. The molecule has 2 amide bonds. The summed E-state index contributed by atoms with van der Waals surface area (Å²) in [5.41, 5.74) is 1.02. The van der Waals surface area contributed by atoms with E-state index in [1.165, 1.54) is 4.90 Å². The third-order valence-corrected chi connectivity index (χ3v) is 6.57. The van der Waals surface area contributed by atoms with Gasteiger partial charge in [-0.2, -0.15) is 0 Å². The van der Waals surface area contributed by atoms with Gasteiger partial charge in [0.25, 0.3) is 0 Å². The molecule has 0 bridgehead atoms. The number of amides is 2. The van der Waals surface area contributed by atoms with Crippen LogP contribution in [-0.2, 0) is 26.2 Å². The van der Waals surface area contributed by atoms with Crippen molar-refractivity contribution in [3.8, 4) is 5.75 Å². The Morgan fingerprint density at radius 1 is 1.06 bits per heavy atom. The predicted octanol–water partition coefficient (Wildman–Crippen LogP) is 3.84. The van der Waals surface area contributed by atoms with Crippen LogP contribution in [0.25, 0.3) is 0 Å². The maximum absolute atomic E-state index is 13.7. The van der Waals surface area contributed by atoms with Gasteiger partial charge < -0.3 is 15.0 Å². The molecule has 0 saturated carbocycles. The molecule has 2 rings (SSSR count).